The summed E-state index contributed by atoms with van der Waals surface area (Å²) in [6.07, 6.45) is 20.2. The second-order valence-electron chi connectivity index (χ2n) is 14.8. The molecule has 0 spiro atoms. The van der Waals surface area contributed by atoms with Crippen molar-refractivity contribution in [2.24, 2.45) is 0 Å². The summed E-state index contributed by atoms with van der Waals surface area (Å²) < 4.78 is 71.4. The Bertz CT molecular complexity index is 992. The Labute approximate surface area is 375 Å². The van der Waals surface area contributed by atoms with Gasteiger partial charge < -0.3 is 61.6 Å². The van der Waals surface area contributed by atoms with E-state index in [2.05, 4.69) is 6.92 Å². The van der Waals surface area contributed by atoms with Crippen LogP contribution < -0.4 is 4.74 Å². The van der Waals surface area contributed by atoms with E-state index < -0.39 is 0 Å². The van der Waals surface area contributed by atoms with E-state index in [0.717, 1.165) is 18.6 Å². The number of para-hydroxylation sites is 1. The second-order valence-corrected chi connectivity index (χ2v) is 14.8. The van der Waals surface area contributed by atoms with Crippen LogP contribution >= 0.6 is 0 Å². The van der Waals surface area contributed by atoms with Crippen LogP contribution in [-0.4, -0.2) is 165 Å². The number of carbonyl (C=O) groups excluding carboxylic acids is 1. The molecule has 0 unspecified atom stereocenters. The molecule has 0 saturated heterocycles. The molecule has 0 fully saturated rings. The Morgan fingerprint density at radius 1 is 0.323 bits per heavy atom. The van der Waals surface area contributed by atoms with Crippen LogP contribution in [0, 0.1) is 0 Å². The van der Waals surface area contributed by atoms with Crippen LogP contribution in [-0.2, 0) is 61.6 Å². The smallest absolute Gasteiger partial charge is 0.305 e. The minimum Gasteiger partial charge on any atom is -0.491 e. The van der Waals surface area contributed by atoms with Crippen molar-refractivity contribution in [3.63, 3.8) is 0 Å². The zero-order valence-corrected chi connectivity index (χ0v) is 38.9. The van der Waals surface area contributed by atoms with Crippen LogP contribution in [0.5, 0.6) is 5.75 Å². The lowest BCUT2D eigenvalue weighted by Crippen LogP contribution is -2.16. The highest BCUT2D eigenvalue weighted by Crippen LogP contribution is 2.14. The molecule has 1 aromatic carbocycles. The van der Waals surface area contributed by atoms with Gasteiger partial charge in [0.15, 0.2) is 0 Å². The molecular weight excluding hydrogens is 801 g/mol. The molecule has 0 aromatic heterocycles. The number of rotatable bonds is 53. The average molecular weight is 889 g/mol. The van der Waals surface area contributed by atoms with Crippen LogP contribution in [0.1, 0.15) is 110 Å². The zero-order valence-electron chi connectivity index (χ0n) is 38.9. The third-order valence-electron chi connectivity index (χ3n) is 9.43. The van der Waals surface area contributed by atoms with Gasteiger partial charge in [-0.1, -0.05) is 115 Å². The number of esters is 1. The molecule has 14 nitrogen and oxygen atoms in total. The summed E-state index contributed by atoms with van der Waals surface area (Å²) in [7, 11) is 0. The maximum atomic E-state index is 11.9. The van der Waals surface area contributed by atoms with Crippen LogP contribution in [0.25, 0.3) is 0 Å². The number of hydrogen-bond acceptors (Lipinski definition) is 14. The predicted molar refractivity (Wildman–Crippen MR) is 241 cm³/mol. The van der Waals surface area contributed by atoms with Crippen LogP contribution in [0.15, 0.2) is 30.3 Å². The Kier molecular flexibility index (Phi) is 48.4. The fourth-order valence-corrected chi connectivity index (χ4v) is 5.96. The van der Waals surface area contributed by atoms with Gasteiger partial charge in [-0.3, -0.25) is 4.79 Å². The van der Waals surface area contributed by atoms with E-state index in [0.29, 0.717) is 158 Å². The topological polar surface area (TPSA) is 137 Å². The molecule has 0 atom stereocenters. The van der Waals surface area contributed by atoms with Crippen LogP contribution in [0.4, 0.5) is 0 Å². The van der Waals surface area contributed by atoms with E-state index in [9.17, 15) is 4.79 Å². The quantitative estimate of drug-likeness (QED) is 0.0461. The molecule has 0 saturated carbocycles. The average Bonchev–Trinajstić information content (AvgIpc) is 3.29. The van der Waals surface area contributed by atoms with E-state index in [1.54, 1.807) is 0 Å². The maximum Gasteiger partial charge on any atom is 0.305 e. The highest BCUT2D eigenvalue weighted by molar-refractivity contribution is 5.69. The normalized spacial score (nSPS) is 11.4. The highest BCUT2D eigenvalue weighted by atomic mass is 16.6. The molecule has 0 bridgehead atoms. The molecule has 0 aliphatic rings. The van der Waals surface area contributed by atoms with E-state index in [-0.39, 0.29) is 12.6 Å². The number of unbranched alkanes of at least 4 members (excludes halogenated alkanes) is 14. The van der Waals surface area contributed by atoms with Crippen LogP contribution in [0.2, 0.25) is 0 Å². The van der Waals surface area contributed by atoms with Crippen molar-refractivity contribution < 1.29 is 66.4 Å². The van der Waals surface area contributed by atoms with Crippen molar-refractivity contribution >= 4 is 5.97 Å². The lowest BCUT2D eigenvalue weighted by molar-refractivity contribution is -0.145. The fourth-order valence-electron chi connectivity index (χ4n) is 5.96. The standard InChI is InChI=1S/C48H88O14/c1-2-3-4-5-6-7-8-9-10-11-12-13-14-15-19-22-48(49)62-46-44-60-42-40-58-38-36-56-34-32-54-30-28-52-26-24-50-23-25-51-27-29-53-31-33-55-35-37-57-39-41-59-43-45-61-47-20-17-16-18-21-47/h16-18,20-21H,2-15,19,22-46H2,1H3. The molecule has 1 aromatic rings. The van der Waals surface area contributed by atoms with Gasteiger partial charge in [0.1, 0.15) is 19.0 Å². The first-order chi connectivity index (χ1) is 30.8. The summed E-state index contributed by atoms with van der Waals surface area (Å²) in [5.74, 6) is 0.710. The Balaban J connectivity index is 1.62. The van der Waals surface area contributed by atoms with Crippen molar-refractivity contribution in [2.45, 2.75) is 110 Å². The van der Waals surface area contributed by atoms with Gasteiger partial charge in [-0.15, -0.1) is 0 Å². The summed E-state index contributed by atoms with van der Waals surface area (Å²) in [5.41, 5.74) is 0. The first kappa shape index (κ1) is 58.1. The molecule has 364 valence electrons. The van der Waals surface area contributed by atoms with Crippen molar-refractivity contribution in [1.82, 2.24) is 0 Å². The van der Waals surface area contributed by atoms with E-state index in [1.165, 1.54) is 83.5 Å². The second kappa shape index (κ2) is 51.7. The zero-order chi connectivity index (χ0) is 44.2. The fraction of sp³-hybridized carbons (Fsp3) is 0.854. The largest absolute Gasteiger partial charge is 0.491 e. The molecule has 0 heterocycles. The van der Waals surface area contributed by atoms with Gasteiger partial charge in [0, 0.05) is 6.42 Å². The highest BCUT2D eigenvalue weighted by Gasteiger charge is 2.03. The van der Waals surface area contributed by atoms with E-state index in [1.807, 2.05) is 30.3 Å². The van der Waals surface area contributed by atoms with Gasteiger partial charge in [-0.05, 0) is 18.6 Å². The molecule has 0 aliphatic carbocycles. The monoisotopic (exact) mass is 889 g/mol. The molecule has 1 rings (SSSR count). The Morgan fingerprint density at radius 3 is 0.887 bits per heavy atom. The van der Waals surface area contributed by atoms with Gasteiger partial charge in [0.05, 0.1) is 145 Å². The summed E-state index contributed by atoms with van der Waals surface area (Å²) in [4.78, 5) is 11.9. The molecule has 0 aliphatic heterocycles. The van der Waals surface area contributed by atoms with Gasteiger partial charge >= 0.3 is 5.97 Å². The third-order valence-corrected chi connectivity index (χ3v) is 9.43. The van der Waals surface area contributed by atoms with Gasteiger partial charge in [0.25, 0.3) is 0 Å². The molecule has 0 radical (unpaired) electrons. The minimum atomic E-state index is -0.132. The summed E-state index contributed by atoms with van der Waals surface area (Å²) in [5, 5.41) is 0. The summed E-state index contributed by atoms with van der Waals surface area (Å²) in [6, 6.07) is 9.67. The van der Waals surface area contributed by atoms with Crippen molar-refractivity contribution in [2.75, 3.05) is 159 Å². The van der Waals surface area contributed by atoms with E-state index >= 15 is 0 Å². The number of hydrogen-bond donors (Lipinski definition) is 0. The minimum absolute atomic E-state index is 0.132. The third kappa shape index (κ3) is 47.5. The molecule has 14 heteroatoms. The molecular formula is C48H88O14. The SMILES string of the molecule is CCCCCCCCCCCCCCCCCC(=O)OCCOCCOCCOCCOCCOCCOCCOCCOCCOCCOCCOCCOc1ccccc1. The number of ether oxygens (including phenoxy) is 13. The Hall–Kier alpha value is -1.95. The molecule has 0 N–H and O–H groups in total. The molecule has 0 amide bonds. The van der Waals surface area contributed by atoms with E-state index in [4.69, 9.17) is 61.6 Å². The van der Waals surface area contributed by atoms with Crippen molar-refractivity contribution in [3.8, 4) is 5.75 Å². The molecule has 62 heavy (non-hydrogen) atoms. The summed E-state index contributed by atoms with van der Waals surface area (Å²) in [6.45, 7) is 13.9. The number of benzene rings is 1. The lowest BCUT2D eigenvalue weighted by atomic mass is 10.0. The predicted octanol–water partition coefficient (Wildman–Crippen LogP) is 8.05. The summed E-state index contributed by atoms with van der Waals surface area (Å²) >= 11 is 0. The van der Waals surface area contributed by atoms with Crippen LogP contribution in [0.3, 0.4) is 0 Å². The lowest BCUT2D eigenvalue weighted by Gasteiger charge is -2.09. The van der Waals surface area contributed by atoms with Gasteiger partial charge in [0.2, 0.25) is 0 Å². The van der Waals surface area contributed by atoms with Crippen molar-refractivity contribution in [1.29, 1.82) is 0 Å². The first-order valence-electron chi connectivity index (χ1n) is 24.0. The maximum absolute atomic E-state index is 11.9. The first-order valence-corrected chi connectivity index (χ1v) is 24.0. The van der Waals surface area contributed by atoms with Crippen molar-refractivity contribution in [3.05, 3.63) is 30.3 Å². The number of carbonyl (C=O) groups is 1. The Morgan fingerprint density at radius 2 is 0.581 bits per heavy atom. The van der Waals surface area contributed by atoms with Gasteiger partial charge in [-0.25, -0.2) is 0 Å². The van der Waals surface area contributed by atoms with Gasteiger partial charge in [-0.2, -0.15) is 0 Å².